The first-order chi connectivity index (χ1) is 10.2. The van der Waals surface area contributed by atoms with Gasteiger partial charge in [0.25, 0.3) is 0 Å². The second-order valence-electron chi connectivity index (χ2n) is 5.68. The average molecular weight is 318 g/mol. The van der Waals surface area contributed by atoms with Gasteiger partial charge in [-0.2, -0.15) is 18.3 Å². The highest BCUT2D eigenvalue weighted by molar-refractivity contribution is 5.99. The third kappa shape index (κ3) is 3.48. The van der Waals surface area contributed by atoms with Crippen molar-refractivity contribution in [1.82, 2.24) is 9.78 Å². The Bertz CT molecular complexity index is 591. The van der Waals surface area contributed by atoms with E-state index in [1.54, 1.807) is 0 Å². The fourth-order valence-corrected chi connectivity index (χ4v) is 2.34. The SMILES string of the molecule is CC(C)COC(=O)Cn1nc(C(F)(F)F)c2c1CCCC2=O. The molecule has 0 unspecified atom stereocenters. The molecule has 0 saturated heterocycles. The Balaban J connectivity index is 2.29. The molecular formula is C14H17F3N2O3. The number of Topliss-reactive ketones (excluding diaryl/α,β-unsaturated/α-hetero) is 1. The molecular weight excluding hydrogens is 301 g/mol. The normalized spacial score (nSPS) is 15.1. The van der Waals surface area contributed by atoms with Crippen molar-refractivity contribution in [2.75, 3.05) is 6.61 Å². The van der Waals surface area contributed by atoms with Gasteiger partial charge in [0.1, 0.15) is 6.54 Å². The van der Waals surface area contributed by atoms with Gasteiger partial charge in [0.05, 0.1) is 17.9 Å². The van der Waals surface area contributed by atoms with Gasteiger partial charge in [-0.05, 0) is 18.8 Å². The van der Waals surface area contributed by atoms with Crippen molar-refractivity contribution in [1.29, 1.82) is 0 Å². The first-order valence-corrected chi connectivity index (χ1v) is 7.06. The number of alkyl halides is 3. The summed E-state index contributed by atoms with van der Waals surface area (Å²) in [6.45, 7) is 3.47. The van der Waals surface area contributed by atoms with Crippen molar-refractivity contribution in [3.63, 3.8) is 0 Å². The molecule has 0 aromatic carbocycles. The van der Waals surface area contributed by atoms with E-state index in [-0.39, 0.29) is 24.6 Å². The van der Waals surface area contributed by atoms with Crippen LogP contribution in [0.25, 0.3) is 0 Å². The van der Waals surface area contributed by atoms with Gasteiger partial charge < -0.3 is 4.74 Å². The Morgan fingerprint density at radius 2 is 2.05 bits per heavy atom. The van der Waals surface area contributed by atoms with Crippen molar-refractivity contribution < 1.29 is 27.5 Å². The van der Waals surface area contributed by atoms with Gasteiger partial charge in [-0.1, -0.05) is 13.8 Å². The van der Waals surface area contributed by atoms with E-state index in [1.807, 2.05) is 13.8 Å². The van der Waals surface area contributed by atoms with E-state index in [2.05, 4.69) is 5.10 Å². The zero-order valence-corrected chi connectivity index (χ0v) is 12.4. The van der Waals surface area contributed by atoms with Gasteiger partial charge in [-0.3, -0.25) is 14.3 Å². The molecule has 0 spiro atoms. The minimum atomic E-state index is -4.72. The van der Waals surface area contributed by atoms with Gasteiger partial charge >= 0.3 is 12.1 Å². The molecule has 0 radical (unpaired) electrons. The minimum Gasteiger partial charge on any atom is -0.464 e. The van der Waals surface area contributed by atoms with E-state index in [0.717, 1.165) is 4.68 Å². The monoisotopic (exact) mass is 318 g/mol. The molecule has 0 aliphatic heterocycles. The van der Waals surface area contributed by atoms with Gasteiger partial charge in [-0.15, -0.1) is 0 Å². The Hall–Kier alpha value is -1.86. The number of rotatable bonds is 4. The topological polar surface area (TPSA) is 61.2 Å². The number of hydrogen-bond acceptors (Lipinski definition) is 4. The summed E-state index contributed by atoms with van der Waals surface area (Å²) < 4.78 is 44.9. The molecule has 22 heavy (non-hydrogen) atoms. The van der Waals surface area contributed by atoms with Crippen LogP contribution in [-0.2, 0) is 28.7 Å². The number of halogens is 3. The summed E-state index contributed by atoms with van der Waals surface area (Å²) >= 11 is 0. The van der Waals surface area contributed by atoms with Crippen LogP contribution in [0.2, 0.25) is 0 Å². The Morgan fingerprint density at radius 1 is 1.36 bits per heavy atom. The van der Waals surface area contributed by atoms with Crippen LogP contribution in [0.4, 0.5) is 13.2 Å². The Labute approximate surface area is 125 Å². The van der Waals surface area contributed by atoms with E-state index in [1.165, 1.54) is 0 Å². The lowest BCUT2D eigenvalue weighted by molar-refractivity contribution is -0.147. The van der Waals surface area contributed by atoms with Gasteiger partial charge in [0.15, 0.2) is 11.5 Å². The summed E-state index contributed by atoms with van der Waals surface area (Å²) in [6, 6.07) is 0. The number of nitrogens with zero attached hydrogens (tertiary/aromatic N) is 2. The summed E-state index contributed by atoms with van der Waals surface area (Å²) in [7, 11) is 0. The lowest BCUT2D eigenvalue weighted by Gasteiger charge is -2.14. The van der Waals surface area contributed by atoms with Crippen LogP contribution >= 0.6 is 0 Å². The Kier molecular flexibility index (Phi) is 4.58. The first-order valence-electron chi connectivity index (χ1n) is 7.06. The number of aromatic nitrogens is 2. The molecule has 1 aliphatic rings. The molecule has 2 rings (SSSR count). The number of esters is 1. The van der Waals surface area contributed by atoms with Crippen LogP contribution in [0.5, 0.6) is 0 Å². The third-order valence-electron chi connectivity index (χ3n) is 3.28. The zero-order chi connectivity index (χ0) is 16.5. The predicted molar refractivity (Wildman–Crippen MR) is 70.3 cm³/mol. The van der Waals surface area contributed by atoms with E-state index in [0.29, 0.717) is 12.8 Å². The summed E-state index contributed by atoms with van der Waals surface area (Å²) in [6.07, 6.45) is -3.90. The van der Waals surface area contributed by atoms with Crippen LogP contribution in [0.1, 0.15) is 48.4 Å². The summed E-state index contributed by atoms with van der Waals surface area (Å²) in [5, 5.41) is 3.45. The fraction of sp³-hybridized carbons (Fsp3) is 0.643. The molecule has 0 fully saturated rings. The standard InChI is InChI=1S/C14H17F3N2O3/c1-8(2)7-22-11(21)6-19-9-4-3-5-10(20)12(9)13(18-19)14(15,16)17/h8H,3-7H2,1-2H3. The van der Waals surface area contributed by atoms with Crippen LogP contribution in [0, 0.1) is 5.92 Å². The molecule has 1 aromatic rings. The second-order valence-corrected chi connectivity index (χ2v) is 5.68. The number of ketones is 1. The smallest absolute Gasteiger partial charge is 0.435 e. The predicted octanol–water partition coefficient (Wildman–Crippen LogP) is 2.62. The van der Waals surface area contributed by atoms with Crippen LogP contribution in [0.3, 0.4) is 0 Å². The van der Waals surface area contributed by atoms with Crippen molar-refractivity contribution in [2.24, 2.45) is 5.92 Å². The number of fused-ring (bicyclic) bond motifs is 1. The summed E-state index contributed by atoms with van der Waals surface area (Å²) in [4.78, 5) is 23.5. The first kappa shape index (κ1) is 16.5. The number of carbonyl (C=O) groups excluding carboxylic acids is 2. The quantitative estimate of drug-likeness (QED) is 0.801. The number of ether oxygens (including phenoxy) is 1. The third-order valence-corrected chi connectivity index (χ3v) is 3.28. The zero-order valence-electron chi connectivity index (χ0n) is 12.4. The largest absolute Gasteiger partial charge is 0.464 e. The molecule has 122 valence electrons. The minimum absolute atomic E-state index is 0.0690. The molecule has 0 N–H and O–H groups in total. The van der Waals surface area contributed by atoms with E-state index in [9.17, 15) is 22.8 Å². The average Bonchev–Trinajstić information content (AvgIpc) is 2.77. The van der Waals surface area contributed by atoms with Crippen molar-refractivity contribution in [3.8, 4) is 0 Å². The maximum atomic E-state index is 13.0. The van der Waals surface area contributed by atoms with Gasteiger partial charge in [0, 0.05) is 6.42 Å². The lowest BCUT2D eigenvalue weighted by Crippen LogP contribution is -2.20. The highest BCUT2D eigenvalue weighted by atomic mass is 19.4. The molecule has 0 saturated carbocycles. The fourth-order valence-electron chi connectivity index (χ4n) is 2.34. The van der Waals surface area contributed by atoms with Crippen LogP contribution in [-0.4, -0.2) is 28.1 Å². The molecule has 0 bridgehead atoms. The van der Waals surface area contributed by atoms with Gasteiger partial charge in [0.2, 0.25) is 0 Å². The summed E-state index contributed by atoms with van der Waals surface area (Å²) in [5.41, 5.74) is -1.43. The molecule has 5 nitrogen and oxygen atoms in total. The van der Waals surface area contributed by atoms with Crippen molar-refractivity contribution in [3.05, 3.63) is 17.0 Å². The highest BCUT2D eigenvalue weighted by Crippen LogP contribution is 2.35. The van der Waals surface area contributed by atoms with Crippen LogP contribution in [0.15, 0.2) is 0 Å². The molecule has 0 atom stereocenters. The molecule has 8 heteroatoms. The molecule has 1 aromatic heterocycles. The molecule has 1 heterocycles. The van der Waals surface area contributed by atoms with Gasteiger partial charge in [-0.25, -0.2) is 0 Å². The van der Waals surface area contributed by atoms with E-state index < -0.39 is 35.7 Å². The van der Waals surface area contributed by atoms with E-state index in [4.69, 9.17) is 4.74 Å². The van der Waals surface area contributed by atoms with Crippen molar-refractivity contribution >= 4 is 11.8 Å². The Morgan fingerprint density at radius 3 is 2.64 bits per heavy atom. The maximum absolute atomic E-state index is 13.0. The molecule has 0 amide bonds. The number of carbonyl (C=O) groups is 2. The van der Waals surface area contributed by atoms with Crippen molar-refractivity contribution in [2.45, 2.75) is 45.8 Å². The summed E-state index contributed by atoms with van der Waals surface area (Å²) in [5.74, 6) is -1.11. The lowest BCUT2D eigenvalue weighted by atomic mass is 9.94. The maximum Gasteiger partial charge on any atom is 0.435 e. The van der Waals surface area contributed by atoms with E-state index >= 15 is 0 Å². The number of hydrogen-bond donors (Lipinski definition) is 0. The second kappa shape index (κ2) is 6.10. The highest BCUT2D eigenvalue weighted by Gasteiger charge is 2.42. The molecule has 1 aliphatic carbocycles. The van der Waals surface area contributed by atoms with Crippen LogP contribution < -0.4 is 0 Å².